The minimum Gasteiger partial charge on any atom is -0.294 e. The van der Waals surface area contributed by atoms with E-state index in [1.54, 1.807) is 0 Å². The Kier molecular flexibility index (Phi) is 3.19. The summed E-state index contributed by atoms with van der Waals surface area (Å²) in [6.07, 6.45) is 0. The van der Waals surface area contributed by atoms with E-state index in [4.69, 9.17) is 22.3 Å². The van der Waals surface area contributed by atoms with Crippen molar-refractivity contribution in [2.45, 2.75) is 11.8 Å². The number of hydrogen-bond acceptors (Lipinski definition) is 3. The highest BCUT2D eigenvalue weighted by molar-refractivity contribution is 8.13. The third-order valence-electron chi connectivity index (χ3n) is 1.58. The van der Waals surface area contributed by atoms with Crippen molar-refractivity contribution in [2.75, 3.05) is 0 Å². The van der Waals surface area contributed by atoms with Crippen molar-refractivity contribution in [3.8, 4) is 0 Å². The monoisotopic (exact) mass is 252 g/mol. The fraction of sp³-hybridized carbons (Fsp3) is 0.125. The fourth-order valence-electron chi connectivity index (χ4n) is 0.990. The van der Waals surface area contributed by atoms with Crippen LogP contribution in [0.15, 0.2) is 23.1 Å². The summed E-state index contributed by atoms with van der Waals surface area (Å²) in [6, 6.07) is 3.85. The first-order valence-electron chi connectivity index (χ1n) is 3.57. The molecule has 0 N–H and O–H groups in total. The first-order chi connectivity index (χ1) is 6.32. The molecule has 76 valence electrons. The summed E-state index contributed by atoms with van der Waals surface area (Å²) in [7, 11) is 1.23. The van der Waals surface area contributed by atoms with Crippen LogP contribution in [-0.4, -0.2) is 14.2 Å². The molecule has 0 heterocycles. The Labute approximate surface area is 91.1 Å². The third kappa shape index (κ3) is 2.47. The maximum atomic E-state index is 11.1. The van der Waals surface area contributed by atoms with Gasteiger partial charge in [-0.25, -0.2) is 8.42 Å². The SMILES string of the molecule is CC(=O)c1cc(Cl)ccc1S(=O)(=O)Cl. The average molecular weight is 253 g/mol. The van der Waals surface area contributed by atoms with Crippen molar-refractivity contribution < 1.29 is 13.2 Å². The van der Waals surface area contributed by atoms with Gasteiger partial charge in [-0.05, 0) is 25.1 Å². The molecule has 0 atom stereocenters. The van der Waals surface area contributed by atoms with Crippen molar-refractivity contribution in [3.05, 3.63) is 28.8 Å². The Morgan fingerprint density at radius 3 is 2.36 bits per heavy atom. The van der Waals surface area contributed by atoms with Gasteiger partial charge in [0.2, 0.25) is 0 Å². The molecule has 3 nitrogen and oxygen atoms in total. The molecular formula is C8H6Cl2O3S. The zero-order valence-corrected chi connectivity index (χ0v) is 9.45. The van der Waals surface area contributed by atoms with Crippen LogP contribution in [0.25, 0.3) is 0 Å². The molecule has 0 saturated carbocycles. The molecule has 14 heavy (non-hydrogen) atoms. The van der Waals surface area contributed by atoms with Crippen molar-refractivity contribution >= 4 is 37.1 Å². The Balaban J connectivity index is 3.53. The van der Waals surface area contributed by atoms with Gasteiger partial charge in [0.1, 0.15) is 0 Å². The molecule has 0 spiro atoms. The quantitative estimate of drug-likeness (QED) is 0.601. The van der Waals surface area contributed by atoms with E-state index in [0.29, 0.717) is 5.02 Å². The van der Waals surface area contributed by atoms with Gasteiger partial charge < -0.3 is 0 Å². The summed E-state index contributed by atoms with van der Waals surface area (Å²) < 4.78 is 22.1. The van der Waals surface area contributed by atoms with E-state index in [1.165, 1.54) is 25.1 Å². The topological polar surface area (TPSA) is 51.2 Å². The molecule has 6 heteroatoms. The molecule has 0 fully saturated rings. The molecule has 0 aliphatic rings. The molecule has 1 aromatic rings. The lowest BCUT2D eigenvalue weighted by atomic mass is 10.1. The molecule has 0 saturated heterocycles. The van der Waals surface area contributed by atoms with E-state index in [0.717, 1.165) is 0 Å². The molecule has 0 aromatic heterocycles. The minimum atomic E-state index is -3.90. The average Bonchev–Trinajstić information content (AvgIpc) is 2.01. The fourth-order valence-corrected chi connectivity index (χ4v) is 2.26. The molecule has 1 aromatic carbocycles. The molecule has 0 bridgehead atoms. The van der Waals surface area contributed by atoms with Crippen LogP contribution >= 0.6 is 22.3 Å². The Morgan fingerprint density at radius 1 is 1.36 bits per heavy atom. The van der Waals surface area contributed by atoms with Crippen molar-refractivity contribution in [3.63, 3.8) is 0 Å². The summed E-state index contributed by atoms with van der Waals surface area (Å²) in [5, 5.41) is 0.291. The highest BCUT2D eigenvalue weighted by atomic mass is 35.7. The molecule has 0 unspecified atom stereocenters. The van der Waals surface area contributed by atoms with Gasteiger partial charge in [-0.1, -0.05) is 11.6 Å². The van der Waals surface area contributed by atoms with E-state index >= 15 is 0 Å². The van der Waals surface area contributed by atoms with E-state index < -0.39 is 14.8 Å². The summed E-state index contributed by atoms with van der Waals surface area (Å²) in [4.78, 5) is 10.9. The molecule has 0 aliphatic heterocycles. The minimum absolute atomic E-state index is 0.00694. The lowest BCUT2D eigenvalue weighted by Crippen LogP contribution is -2.02. The van der Waals surface area contributed by atoms with Crippen LogP contribution in [-0.2, 0) is 9.05 Å². The summed E-state index contributed by atoms with van der Waals surface area (Å²) in [6.45, 7) is 1.25. The van der Waals surface area contributed by atoms with Crippen LogP contribution < -0.4 is 0 Å². The Morgan fingerprint density at radius 2 is 1.93 bits per heavy atom. The summed E-state index contributed by atoms with van der Waals surface area (Å²) >= 11 is 5.62. The van der Waals surface area contributed by atoms with Gasteiger partial charge in [-0.15, -0.1) is 0 Å². The summed E-state index contributed by atoms with van der Waals surface area (Å²) in [5.41, 5.74) is 0.00694. The van der Waals surface area contributed by atoms with Gasteiger partial charge >= 0.3 is 0 Å². The lowest BCUT2D eigenvalue weighted by molar-refractivity contribution is 0.101. The second kappa shape index (κ2) is 3.88. The predicted octanol–water partition coefficient (Wildman–Crippen LogP) is 2.47. The number of rotatable bonds is 2. The van der Waals surface area contributed by atoms with Crippen LogP contribution in [0, 0.1) is 0 Å². The predicted molar refractivity (Wildman–Crippen MR) is 54.5 cm³/mol. The Hall–Kier alpha value is -0.580. The second-order valence-corrected chi connectivity index (χ2v) is 5.61. The number of Topliss-reactive ketones (excluding diaryl/α,β-unsaturated/α-hetero) is 1. The van der Waals surface area contributed by atoms with Crippen molar-refractivity contribution in [1.29, 1.82) is 0 Å². The van der Waals surface area contributed by atoms with Gasteiger partial charge in [0.15, 0.2) is 5.78 Å². The zero-order valence-electron chi connectivity index (χ0n) is 7.12. The van der Waals surface area contributed by atoms with E-state index in [1.807, 2.05) is 0 Å². The molecule has 0 radical (unpaired) electrons. The summed E-state index contributed by atoms with van der Waals surface area (Å²) in [5.74, 6) is -0.397. The first kappa shape index (κ1) is 11.5. The number of ketones is 1. The number of benzene rings is 1. The highest BCUT2D eigenvalue weighted by Gasteiger charge is 2.18. The normalized spacial score (nSPS) is 11.4. The zero-order chi connectivity index (χ0) is 10.9. The van der Waals surface area contributed by atoms with Crippen LogP contribution in [0.5, 0.6) is 0 Å². The number of halogens is 2. The lowest BCUT2D eigenvalue weighted by Gasteiger charge is -2.03. The smallest absolute Gasteiger partial charge is 0.262 e. The van der Waals surface area contributed by atoms with Crippen molar-refractivity contribution in [1.82, 2.24) is 0 Å². The molecular weight excluding hydrogens is 247 g/mol. The van der Waals surface area contributed by atoms with Crippen LogP contribution in [0.4, 0.5) is 0 Å². The largest absolute Gasteiger partial charge is 0.294 e. The number of carbonyl (C=O) groups is 1. The maximum absolute atomic E-state index is 11.1. The standard InChI is InChI=1S/C8H6Cl2O3S/c1-5(11)7-4-6(9)2-3-8(7)14(10,12)13/h2-4H,1H3. The van der Waals surface area contributed by atoms with Crippen LogP contribution in [0.1, 0.15) is 17.3 Å². The van der Waals surface area contributed by atoms with Crippen LogP contribution in [0.3, 0.4) is 0 Å². The van der Waals surface area contributed by atoms with Crippen LogP contribution in [0.2, 0.25) is 5.02 Å². The van der Waals surface area contributed by atoms with E-state index in [-0.39, 0.29) is 10.5 Å². The van der Waals surface area contributed by atoms with Crippen molar-refractivity contribution in [2.24, 2.45) is 0 Å². The van der Waals surface area contributed by atoms with E-state index in [9.17, 15) is 13.2 Å². The molecule has 0 aliphatic carbocycles. The van der Waals surface area contributed by atoms with E-state index in [2.05, 4.69) is 0 Å². The molecule has 0 amide bonds. The Bertz CT molecular complexity index is 479. The highest BCUT2D eigenvalue weighted by Crippen LogP contribution is 2.23. The van der Waals surface area contributed by atoms with Gasteiger partial charge in [0, 0.05) is 21.3 Å². The third-order valence-corrected chi connectivity index (χ3v) is 3.20. The maximum Gasteiger partial charge on any atom is 0.262 e. The number of carbonyl (C=O) groups excluding carboxylic acids is 1. The first-order valence-corrected chi connectivity index (χ1v) is 6.26. The van der Waals surface area contributed by atoms with Gasteiger partial charge in [-0.2, -0.15) is 0 Å². The van der Waals surface area contributed by atoms with Gasteiger partial charge in [0.05, 0.1) is 4.90 Å². The second-order valence-electron chi connectivity index (χ2n) is 2.63. The molecule has 1 rings (SSSR count). The number of hydrogen-bond donors (Lipinski definition) is 0. The van der Waals surface area contributed by atoms with Gasteiger partial charge in [0.25, 0.3) is 9.05 Å². The van der Waals surface area contributed by atoms with Gasteiger partial charge in [-0.3, -0.25) is 4.79 Å².